The topological polar surface area (TPSA) is 78.5 Å². The Morgan fingerprint density at radius 2 is 1.60 bits per heavy atom. The number of aromatic nitrogens is 3. The fraction of sp³-hybridized carbons (Fsp3) is 0.200. The number of hydrogen-bond acceptors (Lipinski definition) is 6. The van der Waals surface area contributed by atoms with Crippen LogP contribution in [-0.2, 0) is 14.9 Å². The third-order valence-corrected chi connectivity index (χ3v) is 8.60. The zero-order valence-electron chi connectivity index (χ0n) is 24.7. The molecular weight excluding hydrogens is 556 g/mol. The van der Waals surface area contributed by atoms with Gasteiger partial charge in [0.2, 0.25) is 0 Å². The monoisotopic (exact) mass is 588 g/mol. The molecule has 1 atom stereocenters. The third-order valence-electron chi connectivity index (χ3n) is 7.62. The van der Waals surface area contributed by atoms with Crippen LogP contribution in [0.15, 0.2) is 112 Å². The Hall–Kier alpha value is -4.82. The minimum Gasteiger partial charge on any atom is -0.466 e. The molecule has 2 aromatic heterocycles. The molecule has 3 heterocycles. The van der Waals surface area contributed by atoms with E-state index in [2.05, 4.69) is 32.9 Å². The van der Waals surface area contributed by atoms with E-state index < -0.39 is 12.0 Å². The molecule has 0 saturated carbocycles. The van der Waals surface area contributed by atoms with Crippen LogP contribution in [0, 0.1) is 0 Å². The molecule has 0 saturated heterocycles. The predicted molar refractivity (Wildman–Crippen MR) is 170 cm³/mol. The number of esters is 1. The molecule has 0 radical (unpaired) electrons. The molecule has 0 aliphatic carbocycles. The molecule has 0 bridgehead atoms. The van der Waals surface area contributed by atoms with Gasteiger partial charge in [0.15, 0.2) is 4.80 Å². The number of hydrogen-bond donors (Lipinski definition) is 0. The second-order valence-electron chi connectivity index (χ2n) is 11.5. The summed E-state index contributed by atoms with van der Waals surface area (Å²) in [5, 5.41) is 4.90. The molecule has 0 N–H and O–H groups in total. The summed E-state index contributed by atoms with van der Waals surface area (Å²) in [6.07, 6.45) is 3.80. The zero-order valence-corrected chi connectivity index (χ0v) is 25.6. The molecule has 43 heavy (non-hydrogen) atoms. The van der Waals surface area contributed by atoms with Crippen molar-refractivity contribution in [1.82, 2.24) is 14.3 Å². The molecule has 0 fully saturated rings. The molecule has 1 aliphatic heterocycles. The standard InChI is InChI=1S/C35H32N4O3S/c1-22-29(33(41)42-5)31(24-16-18-26(19-17-24)35(2,3)4)39-32(40)28(43-34(39)36-22)20-25-21-38(27-14-10-7-11-15-27)37-30(25)23-12-8-6-9-13-23/h6-21,31H,1-5H3. The normalized spacial score (nSPS) is 15.3. The van der Waals surface area contributed by atoms with E-state index in [0.29, 0.717) is 20.6 Å². The van der Waals surface area contributed by atoms with Gasteiger partial charge in [0.1, 0.15) is 0 Å². The number of allylic oxidation sites excluding steroid dienone is 1. The van der Waals surface area contributed by atoms with Crippen molar-refractivity contribution in [2.24, 2.45) is 4.99 Å². The molecule has 6 rings (SSSR count). The summed E-state index contributed by atoms with van der Waals surface area (Å²) >= 11 is 1.30. The summed E-state index contributed by atoms with van der Waals surface area (Å²) in [6.45, 7) is 8.24. The van der Waals surface area contributed by atoms with Crippen molar-refractivity contribution in [3.63, 3.8) is 0 Å². The summed E-state index contributed by atoms with van der Waals surface area (Å²) in [6, 6.07) is 27.2. The van der Waals surface area contributed by atoms with Crippen LogP contribution in [0.4, 0.5) is 0 Å². The molecule has 216 valence electrons. The fourth-order valence-corrected chi connectivity index (χ4v) is 6.38. The van der Waals surface area contributed by atoms with E-state index in [1.54, 1.807) is 11.5 Å². The summed E-state index contributed by atoms with van der Waals surface area (Å²) in [4.78, 5) is 32.5. The van der Waals surface area contributed by atoms with Crippen molar-refractivity contribution < 1.29 is 9.53 Å². The Balaban J connectivity index is 1.55. The van der Waals surface area contributed by atoms with E-state index >= 15 is 0 Å². The Bertz CT molecular complexity index is 2030. The lowest BCUT2D eigenvalue weighted by atomic mass is 9.85. The number of carbonyl (C=O) groups is 1. The predicted octanol–water partition coefficient (Wildman–Crippen LogP) is 5.56. The number of carbonyl (C=O) groups excluding carboxylic acids is 1. The lowest BCUT2D eigenvalue weighted by molar-refractivity contribution is -0.136. The summed E-state index contributed by atoms with van der Waals surface area (Å²) < 4.78 is 9.11. The van der Waals surface area contributed by atoms with Gasteiger partial charge in [-0.3, -0.25) is 9.36 Å². The van der Waals surface area contributed by atoms with Crippen LogP contribution in [-0.4, -0.2) is 27.4 Å². The first-order chi connectivity index (χ1) is 20.7. The van der Waals surface area contributed by atoms with Crippen molar-refractivity contribution >= 4 is 23.4 Å². The summed E-state index contributed by atoms with van der Waals surface area (Å²) in [5.41, 5.74) is 6.02. The SMILES string of the molecule is COC(=O)C1=C(C)N=c2sc(=Cc3cn(-c4ccccc4)nc3-c3ccccc3)c(=O)n2C1c1ccc(C(C)(C)C)cc1. The molecule has 3 aromatic carbocycles. The first-order valence-corrected chi connectivity index (χ1v) is 14.9. The Labute approximate surface area is 253 Å². The van der Waals surface area contributed by atoms with Gasteiger partial charge in [-0.05, 0) is 41.7 Å². The quantitative estimate of drug-likeness (QED) is 0.252. The van der Waals surface area contributed by atoms with E-state index in [1.165, 1.54) is 18.4 Å². The Morgan fingerprint density at radius 1 is 0.953 bits per heavy atom. The molecule has 5 aromatic rings. The number of ether oxygens (including phenoxy) is 1. The maximum absolute atomic E-state index is 14.2. The van der Waals surface area contributed by atoms with Crippen LogP contribution in [0.25, 0.3) is 23.0 Å². The van der Waals surface area contributed by atoms with E-state index in [9.17, 15) is 9.59 Å². The summed E-state index contributed by atoms with van der Waals surface area (Å²) in [5.74, 6) is -0.504. The minimum atomic E-state index is -0.666. The van der Waals surface area contributed by atoms with E-state index in [1.807, 2.05) is 89.8 Å². The molecule has 1 unspecified atom stereocenters. The van der Waals surface area contributed by atoms with Gasteiger partial charge in [-0.1, -0.05) is 105 Å². The highest BCUT2D eigenvalue weighted by Gasteiger charge is 2.33. The average molecular weight is 589 g/mol. The zero-order chi connectivity index (χ0) is 30.3. The number of methoxy groups -OCH3 is 1. The van der Waals surface area contributed by atoms with Gasteiger partial charge in [0, 0.05) is 17.3 Å². The molecule has 8 heteroatoms. The maximum atomic E-state index is 14.2. The lowest BCUT2D eigenvalue weighted by Gasteiger charge is -2.25. The average Bonchev–Trinajstić information content (AvgIpc) is 3.57. The Morgan fingerprint density at radius 3 is 2.23 bits per heavy atom. The second kappa shape index (κ2) is 11.1. The van der Waals surface area contributed by atoms with Crippen LogP contribution in [0.1, 0.15) is 50.4 Å². The van der Waals surface area contributed by atoms with Crippen molar-refractivity contribution in [1.29, 1.82) is 0 Å². The first-order valence-electron chi connectivity index (χ1n) is 14.1. The first kappa shape index (κ1) is 28.3. The van der Waals surface area contributed by atoms with E-state index in [-0.39, 0.29) is 11.0 Å². The minimum absolute atomic E-state index is 0.0372. The maximum Gasteiger partial charge on any atom is 0.338 e. The van der Waals surface area contributed by atoms with Crippen molar-refractivity contribution in [3.05, 3.63) is 139 Å². The van der Waals surface area contributed by atoms with Gasteiger partial charge in [-0.2, -0.15) is 5.10 Å². The highest BCUT2D eigenvalue weighted by molar-refractivity contribution is 7.07. The van der Waals surface area contributed by atoms with Crippen LogP contribution in [0.5, 0.6) is 0 Å². The van der Waals surface area contributed by atoms with Crippen molar-refractivity contribution in [2.45, 2.75) is 39.2 Å². The molecule has 0 amide bonds. The van der Waals surface area contributed by atoms with Gasteiger partial charge in [0.25, 0.3) is 5.56 Å². The summed E-state index contributed by atoms with van der Waals surface area (Å²) in [7, 11) is 1.35. The van der Waals surface area contributed by atoms with Crippen LogP contribution < -0.4 is 14.9 Å². The molecule has 0 spiro atoms. The number of fused-ring (bicyclic) bond motifs is 1. The van der Waals surface area contributed by atoms with Gasteiger partial charge in [-0.15, -0.1) is 0 Å². The lowest BCUT2D eigenvalue weighted by Crippen LogP contribution is -2.39. The van der Waals surface area contributed by atoms with Crippen LogP contribution >= 0.6 is 11.3 Å². The molecule has 1 aliphatic rings. The third kappa shape index (κ3) is 5.30. The van der Waals surface area contributed by atoms with Gasteiger partial charge < -0.3 is 4.74 Å². The van der Waals surface area contributed by atoms with E-state index in [0.717, 1.165) is 33.6 Å². The second-order valence-corrected chi connectivity index (χ2v) is 12.5. The molecular formula is C35H32N4O3S. The van der Waals surface area contributed by atoms with Gasteiger partial charge >= 0.3 is 5.97 Å². The van der Waals surface area contributed by atoms with Gasteiger partial charge in [0.05, 0.1) is 40.3 Å². The highest BCUT2D eigenvalue weighted by atomic mass is 32.1. The number of para-hydroxylation sites is 1. The number of thiazole rings is 1. The van der Waals surface area contributed by atoms with E-state index in [4.69, 9.17) is 14.8 Å². The number of rotatable bonds is 5. The Kier molecular flexibility index (Phi) is 7.31. The largest absolute Gasteiger partial charge is 0.466 e. The van der Waals surface area contributed by atoms with Crippen molar-refractivity contribution in [3.8, 4) is 16.9 Å². The van der Waals surface area contributed by atoms with Crippen molar-refractivity contribution in [2.75, 3.05) is 7.11 Å². The fourth-order valence-electron chi connectivity index (χ4n) is 5.34. The molecule has 7 nitrogen and oxygen atoms in total. The number of benzene rings is 3. The van der Waals surface area contributed by atoms with Crippen LogP contribution in [0.3, 0.4) is 0 Å². The van der Waals surface area contributed by atoms with Crippen LogP contribution in [0.2, 0.25) is 0 Å². The smallest absolute Gasteiger partial charge is 0.338 e. The van der Waals surface area contributed by atoms with Gasteiger partial charge in [-0.25, -0.2) is 14.5 Å². The number of nitrogens with zero attached hydrogens (tertiary/aromatic N) is 4. The highest BCUT2D eigenvalue weighted by Crippen LogP contribution is 2.32.